The first-order chi connectivity index (χ1) is 9.11. The Morgan fingerprint density at radius 1 is 1.26 bits per heavy atom. The molecule has 2 heterocycles. The number of carbonyl (C=O) groups is 1. The zero-order valence-electron chi connectivity index (χ0n) is 12.2. The first-order valence-corrected chi connectivity index (χ1v) is 7.37. The van der Waals surface area contributed by atoms with Crippen molar-refractivity contribution in [2.75, 3.05) is 32.8 Å². The number of carbonyl (C=O) groups excluding carboxylic acids is 1. The van der Waals surface area contributed by atoms with E-state index in [0.29, 0.717) is 26.3 Å². The van der Waals surface area contributed by atoms with E-state index < -0.39 is 0 Å². The zero-order valence-corrected chi connectivity index (χ0v) is 12.2. The Morgan fingerprint density at radius 2 is 1.95 bits per heavy atom. The molecule has 0 aromatic rings. The smallest absolute Gasteiger partial charge is 0.229 e. The Balaban J connectivity index is 1.94. The summed E-state index contributed by atoms with van der Waals surface area (Å²) < 4.78 is 11.2. The number of nitrogens with zero attached hydrogens (tertiary/aromatic N) is 1. The summed E-state index contributed by atoms with van der Waals surface area (Å²) in [4.78, 5) is 14.6. The highest BCUT2D eigenvalue weighted by Gasteiger charge is 2.38. The summed E-state index contributed by atoms with van der Waals surface area (Å²) in [5, 5.41) is 3.42. The Kier molecular flexibility index (Phi) is 5.19. The number of nitrogens with one attached hydrogen (secondary N) is 1. The Morgan fingerprint density at radius 3 is 2.58 bits per heavy atom. The van der Waals surface area contributed by atoms with E-state index in [1.165, 1.54) is 0 Å². The van der Waals surface area contributed by atoms with Gasteiger partial charge in [-0.15, -0.1) is 0 Å². The van der Waals surface area contributed by atoms with Gasteiger partial charge in [0.15, 0.2) is 0 Å². The average Bonchev–Trinajstić information content (AvgIpc) is 2.82. The SMILES string of the molecule is CCCNC1COCC1C(=O)N1C[C@@H](C)O[C@@H](C)C1. The van der Waals surface area contributed by atoms with E-state index in [9.17, 15) is 4.79 Å². The third-order valence-corrected chi connectivity index (χ3v) is 3.79. The average molecular weight is 270 g/mol. The highest BCUT2D eigenvalue weighted by atomic mass is 16.5. The largest absolute Gasteiger partial charge is 0.379 e. The fourth-order valence-corrected chi connectivity index (χ4v) is 2.92. The van der Waals surface area contributed by atoms with Crippen LogP contribution in [0.2, 0.25) is 0 Å². The summed E-state index contributed by atoms with van der Waals surface area (Å²) in [6, 6.07) is 0.168. The minimum Gasteiger partial charge on any atom is -0.379 e. The Bertz CT molecular complexity index is 301. The van der Waals surface area contributed by atoms with Crippen molar-refractivity contribution in [2.45, 2.75) is 45.4 Å². The predicted molar refractivity (Wildman–Crippen MR) is 73.0 cm³/mol. The van der Waals surface area contributed by atoms with Crippen molar-refractivity contribution in [3.63, 3.8) is 0 Å². The van der Waals surface area contributed by atoms with Crippen LogP contribution in [0.3, 0.4) is 0 Å². The van der Waals surface area contributed by atoms with E-state index in [4.69, 9.17) is 9.47 Å². The summed E-state index contributed by atoms with van der Waals surface area (Å²) in [6.07, 6.45) is 1.32. The van der Waals surface area contributed by atoms with E-state index in [2.05, 4.69) is 12.2 Å². The van der Waals surface area contributed by atoms with Crippen molar-refractivity contribution in [2.24, 2.45) is 5.92 Å². The van der Waals surface area contributed by atoms with Gasteiger partial charge in [0.05, 0.1) is 31.3 Å². The van der Waals surface area contributed by atoms with Crippen LogP contribution in [-0.2, 0) is 14.3 Å². The topological polar surface area (TPSA) is 50.8 Å². The summed E-state index contributed by atoms with van der Waals surface area (Å²) in [5.74, 6) is 0.178. The van der Waals surface area contributed by atoms with Crippen LogP contribution in [0.5, 0.6) is 0 Å². The minimum atomic E-state index is -0.0379. The maximum atomic E-state index is 12.6. The van der Waals surface area contributed by atoms with Crippen molar-refractivity contribution in [3.05, 3.63) is 0 Å². The van der Waals surface area contributed by atoms with E-state index in [0.717, 1.165) is 13.0 Å². The second-order valence-corrected chi connectivity index (χ2v) is 5.71. The molecule has 2 unspecified atom stereocenters. The summed E-state index contributed by atoms with van der Waals surface area (Å²) in [6.45, 7) is 9.69. The van der Waals surface area contributed by atoms with E-state index in [1.54, 1.807) is 0 Å². The van der Waals surface area contributed by atoms with Gasteiger partial charge in [-0.25, -0.2) is 0 Å². The van der Waals surface area contributed by atoms with Gasteiger partial charge in [0.25, 0.3) is 0 Å². The van der Waals surface area contributed by atoms with Crippen LogP contribution in [-0.4, -0.2) is 61.9 Å². The molecule has 4 atom stereocenters. The van der Waals surface area contributed by atoms with Gasteiger partial charge in [0, 0.05) is 19.1 Å². The second-order valence-electron chi connectivity index (χ2n) is 5.71. The molecule has 2 aliphatic heterocycles. The molecule has 2 aliphatic rings. The third kappa shape index (κ3) is 3.68. The molecule has 5 heteroatoms. The van der Waals surface area contributed by atoms with Gasteiger partial charge in [-0.3, -0.25) is 4.79 Å². The van der Waals surface area contributed by atoms with Crippen LogP contribution >= 0.6 is 0 Å². The first kappa shape index (κ1) is 14.8. The van der Waals surface area contributed by atoms with Gasteiger partial charge < -0.3 is 19.7 Å². The first-order valence-electron chi connectivity index (χ1n) is 7.37. The lowest BCUT2D eigenvalue weighted by atomic mass is 10.0. The summed E-state index contributed by atoms with van der Waals surface area (Å²) in [7, 11) is 0. The van der Waals surface area contributed by atoms with Gasteiger partial charge >= 0.3 is 0 Å². The Hall–Kier alpha value is -0.650. The molecule has 1 amide bonds. The molecule has 0 aliphatic carbocycles. The van der Waals surface area contributed by atoms with Gasteiger partial charge in [-0.1, -0.05) is 6.92 Å². The van der Waals surface area contributed by atoms with Crippen LogP contribution in [0.1, 0.15) is 27.2 Å². The molecular formula is C14H26N2O3. The molecule has 0 aromatic heterocycles. The van der Waals surface area contributed by atoms with Gasteiger partial charge in [0.2, 0.25) is 5.91 Å². The Labute approximate surface area is 115 Å². The molecule has 19 heavy (non-hydrogen) atoms. The van der Waals surface area contributed by atoms with Crippen molar-refractivity contribution in [3.8, 4) is 0 Å². The molecule has 0 aromatic carbocycles. The molecular weight excluding hydrogens is 244 g/mol. The summed E-state index contributed by atoms with van der Waals surface area (Å²) in [5.41, 5.74) is 0. The third-order valence-electron chi connectivity index (χ3n) is 3.79. The normalized spacial score (nSPS) is 35.6. The highest BCUT2D eigenvalue weighted by molar-refractivity contribution is 5.80. The number of amides is 1. The molecule has 2 fully saturated rings. The fraction of sp³-hybridized carbons (Fsp3) is 0.929. The number of hydrogen-bond acceptors (Lipinski definition) is 4. The van der Waals surface area contributed by atoms with Crippen molar-refractivity contribution >= 4 is 5.91 Å². The van der Waals surface area contributed by atoms with Crippen molar-refractivity contribution in [1.29, 1.82) is 0 Å². The van der Waals surface area contributed by atoms with Gasteiger partial charge in [-0.05, 0) is 26.8 Å². The minimum absolute atomic E-state index is 0.0379. The molecule has 110 valence electrons. The van der Waals surface area contributed by atoms with Crippen LogP contribution in [0.4, 0.5) is 0 Å². The van der Waals surface area contributed by atoms with Crippen LogP contribution in [0, 0.1) is 5.92 Å². The van der Waals surface area contributed by atoms with Crippen molar-refractivity contribution in [1.82, 2.24) is 10.2 Å². The van der Waals surface area contributed by atoms with Gasteiger partial charge in [0.1, 0.15) is 0 Å². The molecule has 0 spiro atoms. The lowest BCUT2D eigenvalue weighted by Crippen LogP contribution is -2.53. The van der Waals surface area contributed by atoms with Gasteiger partial charge in [-0.2, -0.15) is 0 Å². The molecule has 2 rings (SSSR count). The fourth-order valence-electron chi connectivity index (χ4n) is 2.92. The zero-order chi connectivity index (χ0) is 13.8. The predicted octanol–water partition coefficient (Wildman–Crippen LogP) is 0.637. The van der Waals surface area contributed by atoms with Crippen LogP contribution in [0.15, 0.2) is 0 Å². The molecule has 0 bridgehead atoms. The lowest BCUT2D eigenvalue weighted by Gasteiger charge is -2.37. The van der Waals surface area contributed by atoms with E-state index in [1.807, 2.05) is 18.7 Å². The maximum absolute atomic E-state index is 12.6. The number of rotatable bonds is 4. The quantitative estimate of drug-likeness (QED) is 0.814. The molecule has 2 saturated heterocycles. The summed E-state index contributed by atoms with van der Waals surface area (Å²) >= 11 is 0. The highest BCUT2D eigenvalue weighted by Crippen LogP contribution is 2.20. The number of ether oxygens (including phenoxy) is 2. The van der Waals surface area contributed by atoms with E-state index in [-0.39, 0.29) is 30.1 Å². The van der Waals surface area contributed by atoms with Crippen molar-refractivity contribution < 1.29 is 14.3 Å². The van der Waals surface area contributed by atoms with Crippen LogP contribution < -0.4 is 5.32 Å². The lowest BCUT2D eigenvalue weighted by molar-refractivity contribution is -0.147. The molecule has 0 radical (unpaired) electrons. The molecule has 0 saturated carbocycles. The molecule has 5 nitrogen and oxygen atoms in total. The second kappa shape index (κ2) is 6.68. The molecule has 1 N–H and O–H groups in total. The standard InChI is InChI=1S/C14H26N2O3/c1-4-5-15-13-9-18-8-12(13)14(17)16-6-10(2)19-11(3)7-16/h10-13,15H,4-9H2,1-3H3/t10-,11+,12?,13?. The van der Waals surface area contributed by atoms with E-state index >= 15 is 0 Å². The van der Waals surface area contributed by atoms with Crippen LogP contribution in [0.25, 0.3) is 0 Å². The number of hydrogen-bond donors (Lipinski definition) is 1. The number of morpholine rings is 1. The monoisotopic (exact) mass is 270 g/mol. The maximum Gasteiger partial charge on any atom is 0.229 e.